The van der Waals surface area contributed by atoms with Gasteiger partial charge in [-0.05, 0) is 19.1 Å². The third kappa shape index (κ3) is 5.06. The maximum atomic E-state index is 13.1. The zero-order chi connectivity index (χ0) is 26.9. The number of halogens is 3. The Hall–Kier alpha value is -4.55. The SMILES string of the molecule is COc1cc(NC(=O)Cn2nc3cc(C)nc(-c4ccc(C(F)(F)F)cc4)n3c2=O)cc(OC)c1OC. The fourth-order valence-electron chi connectivity index (χ4n) is 3.75. The van der Waals surface area contributed by atoms with Crippen LogP contribution in [-0.2, 0) is 17.5 Å². The van der Waals surface area contributed by atoms with Crippen molar-refractivity contribution >= 4 is 17.2 Å². The molecule has 1 N–H and O–H groups in total. The van der Waals surface area contributed by atoms with E-state index in [1.54, 1.807) is 6.92 Å². The number of ether oxygens (including phenoxy) is 3. The molecule has 0 unspecified atom stereocenters. The predicted octanol–water partition coefficient (Wildman–Crippen LogP) is 3.55. The Balaban J connectivity index is 1.66. The van der Waals surface area contributed by atoms with Gasteiger partial charge >= 0.3 is 11.9 Å². The fraction of sp³-hybridized carbons (Fsp3) is 0.250. The Morgan fingerprint density at radius 2 is 1.62 bits per heavy atom. The second-order valence-electron chi connectivity index (χ2n) is 7.89. The largest absolute Gasteiger partial charge is 0.493 e. The van der Waals surface area contributed by atoms with Gasteiger partial charge in [0.25, 0.3) is 0 Å². The number of amides is 1. The molecule has 4 rings (SSSR count). The van der Waals surface area contributed by atoms with Gasteiger partial charge in [-0.25, -0.2) is 18.9 Å². The van der Waals surface area contributed by atoms with E-state index in [0.29, 0.717) is 28.6 Å². The number of hydrogen-bond acceptors (Lipinski definition) is 7. The molecule has 10 nitrogen and oxygen atoms in total. The van der Waals surface area contributed by atoms with Gasteiger partial charge in [0.2, 0.25) is 11.7 Å². The summed E-state index contributed by atoms with van der Waals surface area (Å²) in [5.41, 5.74) is -0.219. The van der Waals surface area contributed by atoms with Crippen molar-refractivity contribution < 1.29 is 32.2 Å². The van der Waals surface area contributed by atoms with E-state index in [1.165, 1.54) is 51.7 Å². The molecule has 13 heteroatoms. The van der Waals surface area contributed by atoms with Gasteiger partial charge in [-0.15, -0.1) is 5.10 Å². The Bertz CT molecular complexity index is 1500. The molecule has 0 fully saturated rings. The van der Waals surface area contributed by atoms with Crippen LogP contribution in [0.3, 0.4) is 0 Å². The molecule has 2 heterocycles. The van der Waals surface area contributed by atoms with Gasteiger partial charge < -0.3 is 19.5 Å². The van der Waals surface area contributed by atoms with Crippen molar-refractivity contribution in [3.05, 3.63) is 64.2 Å². The van der Waals surface area contributed by atoms with Crippen LogP contribution < -0.4 is 25.2 Å². The fourth-order valence-corrected chi connectivity index (χ4v) is 3.75. The molecule has 0 aliphatic rings. The third-order valence-corrected chi connectivity index (χ3v) is 5.41. The van der Waals surface area contributed by atoms with Gasteiger partial charge in [-0.2, -0.15) is 13.2 Å². The maximum Gasteiger partial charge on any atom is 0.416 e. The van der Waals surface area contributed by atoms with Crippen LogP contribution in [0.2, 0.25) is 0 Å². The van der Waals surface area contributed by atoms with E-state index >= 15 is 0 Å². The number of hydrogen-bond donors (Lipinski definition) is 1. The number of aromatic nitrogens is 4. The minimum atomic E-state index is -4.50. The summed E-state index contributed by atoms with van der Waals surface area (Å²) in [5, 5.41) is 6.86. The number of rotatable bonds is 7. The van der Waals surface area contributed by atoms with Crippen LogP contribution in [0.4, 0.5) is 18.9 Å². The average molecular weight is 517 g/mol. The Morgan fingerprint density at radius 1 is 1.00 bits per heavy atom. The standard InChI is InChI=1S/C24H22F3N5O5/c1-13-9-19-30-31(12-20(33)29-16-10-17(35-2)21(37-4)18(11-16)36-3)23(34)32(19)22(28-13)14-5-7-15(8-6-14)24(25,26)27/h5-11H,12H2,1-4H3,(H,29,33). The van der Waals surface area contributed by atoms with Gasteiger partial charge in [0, 0.05) is 35.1 Å². The van der Waals surface area contributed by atoms with Crippen LogP contribution in [0.5, 0.6) is 17.2 Å². The van der Waals surface area contributed by atoms with E-state index in [2.05, 4.69) is 15.4 Å². The van der Waals surface area contributed by atoms with Crippen molar-refractivity contribution in [2.24, 2.45) is 0 Å². The molecular weight excluding hydrogens is 495 g/mol. The van der Waals surface area contributed by atoms with Crippen molar-refractivity contribution in [2.45, 2.75) is 19.6 Å². The van der Waals surface area contributed by atoms with Crippen molar-refractivity contribution in [2.75, 3.05) is 26.6 Å². The van der Waals surface area contributed by atoms with Crippen molar-refractivity contribution in [3.63, 3.8) is 0 Å². The van der Waals surface area contributed by atoms with Crippen molar-refractivity contribution in [1.29, 1.82) is 0 Å². The summed E-state index contributed by atoms with van der Waals surface area (Å²) in [6.45, 7) is 1.22. The molecule has 194 valence electrons. The first kappa shape index (κ1) is 25.5. The number of nitrogens with one attached hydrogen (secondary N) is 1. The number of methoxy groups -OCH3 is 3. The summed E-state index contributed by atoms with van der Waals surface area (Å²) < 4.78 is 56.8. The lowest BCUT2D eigenvalue weighted by Crippen LogP contribution is -2.28. The summed E-state index contributed by atoms with van der Waals surface area (Å²) in [7, 11) is 4.32. The molecule has 2 aromatic carbocycles. The van der Waals surface area contributed by atoms with Crippen LogP contribution in [-0.4, -0.2) is 46.4 Å². The summed E-state index contributed by atoms with van der Waals surface area (Å²) in [4.78, 5) is 30.2. The van der Waals surface area contributed by atoms with Gasteiger partial charge in [0.1, 0.15) is 12.4 Å². The molecule has 0 radical (unpaired) electrons. The normalized spacial score (nSPS) is 11.4. The topological polar surface area (TPSA) is 109 Å². The number of aryl methyl sites for hydroxylation is 1. The first-order valence-corrected chi connectivity index (χ1v) is 10.8. The zero-order valence-electron chi connectivity index (χ0n) is 20.2. The number of nitrogens with zero attached hydrogens (tertiary/aromatic N) is 4. The highest BCUT2D eigenvalue weighted by Crippen LogP contribution is 2.40. The van der Waals surface area contributed by atoms with Crippen molar-refractivity contribution in [3.8, 4) is 28.6 Å². The van der Waals surface area contributed by atoms with E-state index in [-0.39, 0.29) is 17.0 Å². The van der Waals surface area contributed by atoms with E-state index in [0.717, 1.165) is 21.2 Å². The van der Waals surface area contributed by atoms with Gasteiger partial charge in [-0.3, -0.25) is 4.79 Å². The number of fused-ring (bicyclic) bond motifs is 1. The monoisotopic (exact) mass is 517 g/mol. The lowest BCUT2D eigenvalue weighted by atomic mass is 10.1. The number of carbonyl (C=O) groups excluding carboxylic acids is 1. The summed E-state index contributed by atoms with van der Waals surface area (Å²) >= 11 is 0. The van der Waals surface area contributed by atoms with E-state index in [1.807, 2.05) is 0 Å². The van der Waals surface area contributed by atoms with Crippen LogP contribution in [0, 0.1) is 6.92 Å². The molecule has 4 aromatic rings. The van der Waals surface area contributed by atoms with Crippen LogP contribution in [0.25, 0.3) is 17.0 Å². The maximum absolute atomic E-state index is 13.1. The molecule has 0 aliphatic heterocycles. The minimum absolute atomic E-state index is 0.102. The molecule has 0 aliphatic carbocycles. The van der Waals surface area contributed by atoms with E-state index in [4.69, 9.17) is 14.2 Å². The lowest BCUT2D eigenvalue weighted by molar-refractivity contribution is -0.137. The molecule has 0 saturated heterocycles. The number of alkyl halides is 3. The molecule has 0 bridgehead atoms. The Kier molecular flexibility index (Phi) is 6.79. The van der Waals surface area contributed by atoms with Crippen LogP contribution >= 0.6 is 0 Å². The second-order valence-corrected chi connectivity index (χ2v) is 7.89. The Labute approximate surface area is 208 Å². The summed E-state index contributed by atoms with van der Waals surface area (Å²) in [5.74, 6) is 0.526. The van der Waals surface area contributed by atoms with E-state index in [9.17, 15) is 22.8 Å². The molecule has 2 aromatic heterocycles. The number of benzene rings is 2. The number of anilines is 1. The highest BCUT2D eigenvalue weighted by atomic mass is 19.4. The van der Waals surface area contributed by atoms with Gasteiger partial charge in [0.15, 0.2) is 17.1 Å². The first-order chi connectivity index (χ1) is 17.5. The quantitative estimate of drug-likeness (QED) is 0.399. The highest BCUT2D eigenvalue weighted by molar-refractivity contribution is 5.91. The average Bonchev–Trinajstić information content (AvgIpc) is 3.16. The zero-order valence-corrected chi connectivity index (χ0v) is 20.2. The molecule has 0 spiro atoms. The molecule has 37 heavy (non-hydrogen) atoms. The smallest absolute Gasteiger partial charge is 0.416 e. The van der Waals surface area contributed by atoms with E-state index < -0.39 is 29.9 Å². The third-order valence-electron chi connectivity index (χ3n) is 5.41. The van der Waals surface area contributed by atoms with Gasteiger partial charge in [0.05, 0.1) is 26.9 Å². The van der Waals surface area contributed by atoms with Crippen LogP contribution in [0.15, 0.2) is 47.3 Å². The molecule has 1 amide bonds. The minimum Gasteiger partial charge on any atom is -0.493 e. The summed E-state index contributed by atoms with van der Waals surface area (Å²) in [6.07, 6.45) is -4.50. The molecule has 0 atom stereocenters. The lowest BCUT2D eigenvalue weighted by Gasteiger charge is -2.14. The van der Waals surface area contributed by atoms with Crippen LogP contribution in [0.1, 0.15) is 11.3 Å². The predicted molar refractivity (Wildman–Crippen MR) is 127 cm³/mol. The second kappa shape index (κ2) is 9.84. The highest BCUT2D eigenvalue weighted by Gasteiger charge is 2.30. The van der Waals surface area contributed by atoms with Gasteiger partial charge in [-0.1, -0.05) is 12.1 Å². The Morgan fingerprint density at radius 3 is 2.16 bits per heavy atom. The molecular formula is C24H22F3N5O5. The molecule has 0 saturated carbocycles. The number of carbonyl (C=O) groups is 1. The van der Waals surface area contributed by atoms with Crippen molar-refractivity contribution in [1.82, 2.24) is 19.2 Å². The summed E-state index contributed by atoms with van der Waals surface area (Å²) in [6, 6.07) is 8.86. The first-order valence-electron chi connectivity index (χ1n) is 10.8.